The molecular formula is C25H34O7. The van der Waals surface area contributed by atoms with Gasteiger partial charge in [-0.05, 0) is 54.9 Å². The number of Topliss-reactive ketones (excluding diaryl/α,β-unsaturated/α-hetero) is 2. The molecule has 7 nitrogen and oxygen atoms in total. The summed E-state index contributed by atoms with van der Waals surface area (Å²) in [5, 5.41) is 20.4. The summed E-state index contributed by atoms with van der Waals surface area (Å²) in [4.78, 5) is 49.8. The monoisotopic (exact) mass is 446 g/mol. The Bertz CT molecular complexity index is 889. The number of carboxylic acid groups (broad SMARTS) is 1. The van der Waals surface area contributed by atoms with Gasteiger partial charge in [0, 0.05) is 30.6 Å². The molecule has 2 bridgehead atoms. The molecule has 1 spiro atoms. The van der Waals surface area contributed by atoms with E-state index < -0.39 is 35.0 Å². The van der Waals surface area contributed by atoms with Crippen LogP contribution in [-0.2, 0) is 23.9 Å². The molecule has 4 rings (SSSR count). The maximum Gasteiger partial charge on any atom is 0.306 e. The number of ether oxygens (including phenoxy) is 1. The number of ketones is 2. The number of carbonyl (C=O) groups is 4. The number of hydrogen-bond donors (Lipinski definition) is 2. The molecule has 5 unspecified atom stereocenters. The van der Waals surface area contributed by atoms with Crippen molar-refractivity contribution in [3.63, 3.8) is 0 Å². The molecule has 0 saturated heterocycles. The van der Waals surface area contributed by atoms with Crippen LogP contribution in [0.15, 0.2) is 12.2 Å². The van der Waals surface area contributed by atoms with Gasteiger partial charge in [0.2, 0.25) is 0 Å². The van der Waals surface area contributed by atoms with Crippen molar-refractivity contribution < 1.29 is 34.1 Å². The van der Waals surface area contributed by atoms with Crippen LogP contribution >= 0.6 is 0 Å². The van der Waals surface area contributed by atoms with Crippen LogP contribution in [0, 0.1) is 34.0 Å². The summed E-state index contributed by atoms with van der Waals surface area (Å²) in [5.41, 5.74) is -1.74. The molecule has 4 saturated carbocycles. The number of aliphatic carboxylic acids is 1. The van der Waals surface area contributed by atoms with E-state index in [2.05, 4.69) is 13.5 Å². The van der Waals surface area contributed by atoms with Crippen molar-refractivity contribution in [2.75, 3.05) is 0 Å². The van der Waals surface area contributed by atoms with Crippen molar-refractivity contribution in [1.29, 1.82) is 0 Å². The first kappa shape index (κ1) is 23.1. The van der Waals surface area contributed by atoms with E-state index in [1.165, 1.54) is 0 Å². The smallest absolute Gasteiger partial charge is 0.306 e. The van der Waals surface area contributed by atoms with Gasteiger partial charge in [-0.3, -0.25) is 19.2 Å². The molecule has 4 aliphatic carbocycles. The first-order valence-corrected chi connectivity index (χ1v) is 11.7. The quantitative estimate of drug-likeness (QED) is 0.492. The van der Waals surface area contributed by atoms with Crippen LogP contribution in [0.1, 0.15) is 72.1 Å². The van der Waals surface area contributed by atoms with Gasteiger partial charge in [0.15, 0.2) is 5.78 Å². The minimum absolute atomic E-state index is 0.0472. The van der Waals surface area contributed by atoms with Gasteiger partial charge in [-0.2, -0.15) is 0 Å². The van der Waals surface area contributed by atoms with E-state index in [1.54, 1.807) is 0 Å². The molecule has 0 heterocycles. The number of aliphatic hydroxyl groups is 1. The first-order chi connectivity index (χ1) is 14.9. The van der Waals surface area contributed by atoms with E-state index in [1.807, 2.05) is 13.8 Å². The Morgan fingerprint density at radius 1 is 1.12 bits per heavy atom. The van der Waals surface area contributed by atoms with Gasteiger partial charge in [-0.15, -0.1) is 0 Å². The predicted octanol–water partition coefficient (Wildman–Crippen LogP) is 3.08. The van der Waals surface area contributed by atoms with Gasteiger partial charge in [0.1, 0.15) is 11.9 Å². The topological polar surface area (TPSA) is 118 Å². The molecule has 0 radical (unpaired) electrons. The predicted molar refractivity (Wildman–Crippen MR) is 114 cm³/mol. The van der Waals surface area contributed by atoms with Gasteiger partial charge >= 0.3 is 11.9 Å². The Hall–Kier alpha value is -2.02. The molecular weight excluding hydrogens is 412 g/mol. The van der Waals surface area contributed by atoms with Crippen molar-refractivity contribution in [1.82, 2.24) is 0 Å². The van der Waals surface area contributed by atoms with Crippen LogP contribution in [0.25, 0.3) is 0 Å². The Balaban J connectivity index is 1.71. The SMILES string of the molecule is C=C1C(=O)C23C(O)C[C@@H]4C(C)(C)C(=O)CC[C@@]4(C)C2CCC1C3OC(=O)CCCC(=O)O. The lowest BCUT2D eigenvalue weighted by molar-refractivity contribution is -0.229. The zero-order valence-corrected chi connectivity index (χ0v) is 19.2. The summed E-state index contributed by atoms with van der Waals surface area (Å²) >= 11 is 0. The zero-order valence-electron chi connectivity index (χ0n) is 19.2. The van der Waals surface area contributed by atoms with Crippen molar-refractivity contribution in [2.24, 2.45) is 34.0 Å². The summed E-state index contributed by atoms with van der Waals surface area (Å²) in [6.07, 6.45) is 0.950. The van der Waals surface area contributed by atoms with Crippen LogP contribution in [-0.4, -0.2) is 45.9 Å². The summed E-state index contributed by atoms with van der Waals surface area (Å²) in [6, 6.07) is 0. The molecule has 0 aromatic heterocycles. The molecule has 7 heteroatoms. The molecule has 4 aliphatic rings. The van der Waals surface area contributed by atoms with Crippen LogP contribution in [0.4, 0.5) is 0 Å². The highest BCUT2D eigenvalue weighted by Gasteiger charge is 2.75. The summed E-state index contributed by atoms with van der Waals surface area (Å²) in [7, 11) is 0. The fourth-order valence-electron chi connectivity index (χ4n) is 7.87. The normalized spacial score (nSPS) is 42.2. The Labute approximate surface area is 188 Å². The highest BCUT2D eigenvalue weighted by molar-refractivity contribution is 6.05. The molecule has 4 fully saturated rings. The molecule has 7 atom stereocenters. The fraction of sp³-hybridized carbons (Fsp3) is 0.760. The highest BCUT2D eigenvalue weighted by Crippen LogP contribution is 2.71. The Morgan fingerprint density at radius 2 is 1.81 bits per heavy atom. The van der Waals surface area contributed by atoms with Gasteiger partial charge in [0.25, 0.3) is 0 Å². The van der Waals surface area contributed by atoms with Crippen LogP contribution in [0.5, 0.6) is 0 Å². The molecule has 0 aromatic rings. The number of carbonyl (C=O) groups excluding carboxylic acids is 3. The fourth-order valence-corrected chi connectivity index (χ4v) is 7.87. The molecule has 0 aromatic carbocycles. The van der Waals surface area contributed by atoms with Gasteiger partial charge in [-0.25, -0.2) is 0 Å². The largest absolute Gasteiger partial charge is 0.481 e. The van der Waals surface area contributed by atoms with E-state index in [0.29, 0.717) is 31.3 Å². The summed E-state index contributed by atoms with van der Waals surface area (Å²) in [5.74, 6) is -2.12. The van der Waals surface area contributed by atoms with E-state index >= 15 is 0 Å². The number of fused-ring (bicyclic) bond motifs is 3. The molecule has 176 valence electrons. The maximum absolute atomic E-state index is 13.7. The minimum atomic E-state index is -1.23. The van der Waals surface area contributed by atoms with Crippen LogP contribution < -0.4 is 0 Å². The number of carboxylic acids is 1. The lowest BCUT2D eigenvalue weighted by Gasteiger charge is -2.64. The number of hydrogen-bond acceptors (Lipinski definition) is 6. The average Bonchev–Trinajstić information content (AvgIpc) is 2.82. The third kappa shape index (κ3) is 2.96. The van der Waals surface area contributed by atoms with Crippen molar-refractivity contribution >= 4 is 23.5 Å². The first-order valence-electron chi connectivity index (χ1n) is 11.7. The van der Waals surface area contributed by atoms with Gasteiger partial charge < -0.3 is 14.9 Å². The summed E-state index contributed by atoms with van der Waals surface area (Å²) in [6.45, 7) is 10.1. The molecule has 0 aliphatic heterocycles. The van der Waals surface area contributed by atoms with E-state index in [0.717, 1.165) is 6.42 Å². The maximum atomic E-state index is 13.7. The second kappa shape index (κ2) is 7.51. The minimum Gasteiger partial charge on any atom is -0.481 e. The standard InChI is InChI=1S/C25H34O7/c1-13-14-8-9-15-24(4)11-10-17(26)23(2,3)16(24)12-18(27)25(15,21(13)31)22(14)32-20(30)7-5-6-19(28)29/h14-16,18,22,27H,1,5-12H2,2-4H3,(H,28,29)/t14?,15?,16-,18?,22?,24+,25?/m1/s1. The Kier molecular flexibility index (Phi) is 5.43. The van der Waals surface area contributed by atoms with Crippen LogP contribution in [0.3, 0.4) is 0 Å². The van der Waals surface area contributed by atoms with E-state index in [9.17, 15) is 24.3 Å². The Morgan fingerprint density at radius 3 is 2.47 bits per heavy atom. The third-order valence-electron chi connectivity index (χ3n) is 9.42. The lowest BCUT2D eigenvalue weighted by atomic mass is 9.39. The molecule has 2 N–H and O–H groups in total. The van der Waals surface area contributed by atoms with Gasteiger partial charge in [-0.1, -0.05) is 27.4 Å². The second-order valence-corrected chi connectivity index (χ2v) is 11.1. The second-order valence-electron chi connectivity index (χ2n) is 11.1. The van der Waals surface area contributed by atoms with Crippen molar-refractivity contribution in [3.05, 3.63) is 12.2 Å². The van der Waals surface area contributed by atoms with E-state index in [4.69, 9.17) is 9.84 Å². The number of aliphatic hydroxyl groups excluding tert-OH is 1. The lowest BCUT2D eigenvalue weighted by Crippen LogP contribution is -2.68. The zero-order chi connectivity index (χ0) is 23.6. The highest BCUT2D eigenvalue weighted by atomic mass is 16.5. The average molecular weight is 447 g/mol. The summed E-state index contributed by atoms with van der Waals surface area (Å²) < 4.78 is 5.89. The number of esters is 1. The van der Waals surface area contributed by atoms with Gasteiger partial charge in [0.05, 0.1) is 11.5 Å². The number of rotatable bonds is 5. The van der Waals surface area contributed by atoms with E-state index in [-0.39, 0.29) is 54.0 Å². The third-order valence-corrected chi connectivity index (χ3v) is 9.42. The van der Waals surface area contributed by atoms with Crippen LogP contribution in [0.2, 0.25) is 0 Å². The van der Waals surface area contributed by atoms with Crippen molar-refractivity contribution in [3.8, 4) is 0 Å². The van der Waals surface area contributed by atoms with Crippen molar-refractivity contribution in [2.45, 2.75) is 84.3 Å². The molecule has 0 amide bonds. The molecule has 32 heavy (non-hydrogen) atoms.